The van der Waals surface area contributed by atoms with E-state index in [2.05, 4.69) is 82.4 Å². The molecule has 0 saturated heterocycles. The normalized spacial score (nSPS) is 10.9. The highest BCUT2D eigenvalue weighted by Crippen LogP contribution is 2.39. The Labute approximate surface area is 195 Å². The number of hydrogen-bond donors (Lipinski definition) is 0. The average Bonchev–Trinajstić information content (AvgIpc) is 3.51. The zero-order valence-corrected chi connectivity index (χ0v) is 19.0. The average molecular weight is 459 g/mol. The number of hydrogen-bond acceptors (Lipinski definition) is 4. The molecule has 3 aromatic carbocycles. The fourth-order valence-corrected chi connectivity index (χ4v) is 5.19. The Kier molecular flexibility index (Phi) is 5.85. The molecule has 0 fully saturated rings. The Morgan fingerprint density at radius 3 is 2.29 bits per heavy atom. The maximum absolute atomic E-state index is 6.07. The van der Waals surface area contributed by atoms with E-state index in [0.29, 0.717) is 0 Å². The minimum Gasteiger partial charge on any atom is -0.312 e. The maximum Gasteiger partial charge on any atom is 0.190 e. The lowest BCUT2D eigenvalue weighted by Crippen LogP contribution is -2.16. The molecule has 31 heavy (non-hydrogen) atoms. The summed E-state index contributed by atoms with van der Waals surface area (Å²) in [4.78, 5) is 8.62. The summed E-state index contributed by atoms with van der Waals surface area (Å²) >= 11 is 9.50. The van der Waals surface area contributed by atoms with Gasteiger partial charge in [0.05, 0.1) is 17.9 Å². The first-order valence-electron chi connectivity index (χ1n) is 9.94. The number of para-hydroxylation sites is 1. The van der Waals surface area contributed by atoms with Crippen LogP contribution in [0.4, 0.5) is 10.8 Å². The van der Waals surface area contributed by atoms with Crippen LogP contribution >= 0.6 is 34.3 Å². The molecule has 2 nitrogen and oxygen atoms in total. The van der Waals surface area contributed by atoms with Gasteiger partial charge in [-0.3, -0.25) is 0 Å². The van der Waals surface area contributed by atoms with Gasteiger partial charge in [-0.05, 0) is 35.2 Å². The van der Waals surface area contributed by atoms with Crippen LogP contribution in [-0.2, 0) is 6.54 Å². The van der Waals surface area contributed by atoms with Crippen molar-refractivity contribution in [2.24, 2.45) is 0 Å². The summed E-state index contributed by atoms with van der Waals surface area (Å²) in [6, 6.07) is 31.2. The predicted molar refractivity (Wildman–Crippen MR) is 135 cm³/mol. The third kappa shape index (κ3) is 4.42. The molecule has 5 aromatic rings. The van der Waals surface area contributed by atoms with Gasteiger partial charge in [-0.25, -0.2) is 4.98 Å². The molecule has 0 aliphatic heterocycles. The highest BCUT2D eigenvalue weighted by atomic mass is 35.5. The van der Waals surface area contributed by atoms with Crippen molar-refractivity contribution >= 4 is 45.1 Å². The van der Waals surface area contributed by atoms with E-state index in [-0.39, 0.29) is 0 Å². The Bertz CT molecular complexity index is 1260. The first kappa shape index (κ1) is 20.0. The van der Waals surface area contributed by atoms with Crippen LogP contribution in [0.3, 0.4) is 0 Å². The molecular formula is C26H19ClN2S2. The van der Waals surface area contributed by atoms with Gasteiger partial charge in [0.1, 0.15) is 0 Å². The molecule has 0 N–H and O–H groups in total. The number of benzene rings is 3. The molecule has 5 rings (SSSR count). The van der Waals surface area contributed by atoms with Crippen LogP contribution < -0.4 is 4.90 Å². The van der Waals surface area contributed by atoms with Crippen molar-refractivity contribution in [3.8, 4) is 22.4 Å². The van der Waals surface area contributed by atoms with Gasteiger partial charge in [0, 0.05) is 26.4 Å². The lowest BCUT2D eigenvalue weighted by molar-refractivity contribution is 0.987. The number of halogens is 1. The molecule has 0 amide bonds. The number of thiophene rings is 1. The fourth-order valence-electron chi connectivity index (χ4n) is 3.53. The van der Waals surface area contributed by atoms with Crippen LogP contribution in [0.15, 0.2) is 102 Å². The second-order valence-electron chi connectivity index (χ2n) is 7.07. The molecule has 2 aromatic heterocycles. The van der Waals surface area contributed by atoms with Gasteiger partial charge < -0.3 is 4.90 Å². The van der Waals surface area contributed by atoms with E-state index in [1.54, 1.807) is 22.7 Å². The van der Waals surface area contributed by atoms with E-state index in [0.717, 1.165) is 33.6 Å². The van der Waals surface area contributed by atoms with E-state index in [4.69, 9.17) is 16.6 Å². The Morgan fingerprint density at radius 2 is 1.52 bits per heavy atom. The van der Waals surface area contributed by atoms with E-state index < -0.39 is 0 Å². The molecule has 0 radical (unpaired) electrons. The lowest BCUT2D eigenvalue weighted by atomic mass is 10.0. The summed E-state index contributed by atoms with van der Waals surface area (Å²) in [5.41, 5.74) is 5.58. The summed E-state index contributed by atoms with van der Waals surface area (Å²) < 4.78 is 0. The molecule has 5 heteroatoms. The van der Waals surface area contributed by atoms with Crippen molar-refractivity contribution in [3.05, 3.63) is 112 Å². The molecule has 0 aliphatic rings. The monoisotopic (exact) mass is 458 g/mol. The smallest absolute Gasteiger partial charge is 0.190 e. The van der Waals surface area contributed by atoms with Crippen LogP contribution in [-0.4, -0.2) is 4.98 Å². The van der Waals surface area contributed by atoms with Crippen LogP contribution in [0.2, 0.25) is 5.02 Å². The minimum absolute atomic E-state index is 0.732. The second-order valence-corrected chi connectivity index (χ2v) is 9.38. The van der Waals surface area contributed by atoms with Gasteiger partial charge in [0.25, 0.3) is 0 Å². The van der Waals surface area contributed by atoms with Gasteiger partial charge in [-0.1, -0.05) is 78.3 Å². The van der Waals surface area contributed by atoms with Crippen molar-refractivity contribution in [1.82, 2.24) is 4.98 Å². The predicted octanol–water partition coefficient (Wildman–Crippen LogP) is 8.53. The molecule has 0 atom stereocenters. The SMILES string of the molecule is Clc1ccc(-c2csc(N(Cc3cccs3)c3ccccc3-c3ccccc3)n2)cc1. The first-order chi connectivity index (χ1) is 15.3. The van der Waals surface area contributed by atoms with Crippen LogP contribution in [0, 0.1) is 0 Å². The van der Waals surface area contributed by atoms with Gasteiger partial charge in [0.2, 0.25) is 0 Å². The van der Waals surface area contributed by atoms with Crippen molar-refractivity contribution in [2.45, 2.75) is 6.54 Å². The van der Waals surface area contributed by atoms with Crippen LogP contribution in [0.25, 0.3) is 22.4 Å². The van der Waals surface area contributed by atoms with Crippen LogP contribution in [0.5, 0.6) is 0 Å². The molecule has 0 aliphatic carbocycles. The minimum atomic E-state index is 0.732. The van der Waals surface area contributed by atoms with Gasteiger partial charge in [0.15, 0.2) is 5.13 Å². The second kappa shape index (κ2) is 9.06. The summed E-state index contributed by atoms with van der Waals surface area (Å²) in [5.74, 6) is 0. The highest BCUT2D eigenvalue weighted by molar-refractivity contribution is 7.14. The van der Waals surface area contributed by atoms with Crippen LogP contribution in [0.1, 0.15) is 4.88 Å². The summed E-state index contributed by atoms with van der Waals surface area (Å²) in [7, 11) is 0. The Balaban J connectivity index is 1.59. The van der Waals surface area contributed by atoms with Gasteiger partial charge in [-0.2, -0.15) is 0 Å². The molecule has 0 spiro atoms. The van der Waals surface area contributed by atoms with E-state index in [1.165, 1.54) is 16.0 Å². The highest BCUT2D eigenvalue weighted by Gasteiger charge is 2.19. The zero-order chi connectivity index (χ0) is 21.0. The molecular weight excluding hydrogens is 440 g/mol. The molecule has 0 unspecified atom stereocenters. The lowest BCUT2D eigenvalue weighted by Gasteiger charge is -2.24. The first-order valence-corrected chi connectivity index (χ1v) is 12.1. The van der Waals surface area contributed by atoms with Crippen molar-refractivity contribution in [2.75, 3.05) is 4.90 Å². The topological polar surface area (TPSA) is 16.1 Å². The van der Waals surface area contributed by atoms with E-state index in [1.807, 2.05) is 24.3 Å². The third-order valence-electron chi connectivity index (χ3n) is 5.04. The van der Waals surface area contributed by atoms with Gasteiger partial charge >= 0.3 is 0 Å². The molecule has 2 heterocycles. The fraction of sp³-hybridized carbons (Fsp3) is 0.0385. The maximum atomic E-state index is 6.07. The summed E-state index contributed by atoms with van der Waals surface area (Å²) in [6.45, 7) is 0.773. The van der Waals surface area contributed by atoms with E-state index >= 15 is 0 Å². The molecule has 0 saturated carbocycles. The Morgan fingerprint density at radius 1 is 0.742 bits per heavy atom. The van der Waals surface area contributed by atoms with Crippen molar-refractivity contribution < 1.29 is 0 Å². The third-order valence-corrected chi connectivity index (χ3v) is 7.01. The largest absolute Gasteiger partial charge is 0.312 e. The van der Waals surface area contributed by atoms with Gasteiger partial charge in [-0.15, -0.1) is 22.7 Å². The number of anilines is 2. The van der Waals surface area contributed by atoms with Crippen molar-refractivity contribution in [3.63, 3.8) is 0 Å². The zero-order valence-electron chi connectivity index (χ0n) is 16.6. The Hall–Kier alpha value is -2.92. The number of thiazole rings is 1. The van der Waals surface area contributed by atoms with Crippen molar-refractivity contribution in [1.29, 1.82) is 0 Å². The molecule has 152 valence electrons. The standard InChI is InChI=1S/C26H19ClN2S2/c27-21-14-12-20(13-15-21)24-18-31-26(28-24)29(17-22-9-6-16-30-22)25-11-5-4-10-23(25)19-7-2-1-3-8-19/h1-16,18H,17H2. The van der Waals surface area contributed by atoms with E-state index in [9.17, 15) is 0 Å². The number of nitrogens with zero attached hydrogens (tertiary/aromatic N) is 2. The summed E-state index contributed by atoms with van der Waals surface area (Å²) in [6.07, 6.45) is 0. The quantitative estimate of drug-likeness (QED) is 0.253. The number of aromatic nitrogens is 1. The molecule has 0 bridgehead atoms. The number of rotatable bonds is 6. The summed E-state index contributed by atoms with van der Waals surface area (Å²) in [5, 5.41) is 5.94.